The van der Waals surface area contributed by atoms with Crippen LogP contribution >= 0.6 is 35.8 Å². The number of ether oxygens (including phenoxy) is 3. The minimum Gasteiger partial charge on any atom is -0.496 e. The number of benzene rings is 2. The van der Waals surface area contributed by atoms with E-state index in [0.717, 1.165) is 11.1 Å². The summed E-state index contributed by atoms with van der Waals surface area (Å²) >= 11 is 16.0. The average Bonchev–Trinajstić information content (AvgIpc) is 2.91. The van der Waals surface area contributed by atoms with Crippen LogP contribution in [0.2, 0.25) is 10.0 Å². The van der Waals surface area contributed by atoms with Gasteiger partial charge in [0, 0.05) is 23.2 Å². The van der Waals surface area contributed by atoms with Gasteiger partial charge in [-0.3, -0.25) is 9.78 Å². The zero-order valence-corrected chi connectivity index (χ0v) is 22.5. The minimum atomic E-state index is -0.0452. The highest BCUT2D eigenvalue weighted by Gasteiger charge is 2.16. The number of aldehydes is 1. The molecular formula is C26H25Cl2N3O4S. The number of nitrogens with zero attached hydrogens (tertiary/aromatic N) is 2. The van der Waals surface area contributed by atoms with Gasteiger partial charge < -0.3 is 19.5 Å². The number of aromatic nitrogens is 1. The zero-order valence-electron chi connectivity index (χ0n) is 20.1. The van der Waals surface area contributed by atoms with Gasteiger partial charge in [0.15, 0.2) is 6.29 Å². The minimum absolute atomic E-state index is 0.0452. The third-order valence-corrected chi connectivity index (χ3v) is 5.27. The molecule has 1 heterocycles. The number of terminal acetylenes is 1. The second-order valence-corrected chi connectivity index (χ2v) is 7.44. The van der Waals surface area contributed by atoms with Crippen molar-refractivity contribution in [1.82, 2.24) is 4.98 Å². The first-order valence-corrected chi connectivity index (χ1v) is 11.8. The number of carbonyl (C=O) groups is 1. The number of fused-ring (bicyclic) bond motifs is 1. The van der Waals surface area contributed by atoms with Crippen LogP contribution in [0.4, 0.5) is 11.4 Å². The molecule has 3 rings (SSSR count). The standard InChI is InChI=1S/C23H19Cl2N3O4.C2H2.CH4S/c1-13(12-32-5-4-29)15-6-19-16(7-21(15)30-2)23(14(10-26)11-27-19)28-20-9-22(31-3)18(25)8-17(20)24;2*1-2/h4,6-9,11-12H,5H2,1-3H3,(H,27,28);1-2H;2H,1H3/b13-12+;;. The molecule has 0 bridgehead atoms. The number of hydrogen-bond donors (Lipinski definition) is 2. The molecule has 0 aliphatic rings. The van der Waals surface area contributed by atoms with Gasteiger partial charge >= 0.3 is 0 Å². The molecule has 0 unspecified atom stereocenters. The van der Waals surface area contributed by atoms with Gasteiger partial charge in [0.2, 0.25) is 0 Å². The normalized spacial score (nSPS) is 10.1. The maximum Gasteiger partial charge on any atom is 0.157 e. The molecule has 188 valence electrons. The molecule has 36 heavy (non-hydrogen) atoms. The van der Waals surface area contributed by atoms with Gasteiger partial charge in [-0.05, 0) is 37.0 Å². The molecule has 0 spiro atoms. The number of hydrogen-bond acceptors (Lipinski definition) is 8. The van der Waals surface area contributed by atoms with Crippen LogP contribution in [0.15, 0.2) is 36.7 Å². The van der Waals surface area contributed by atoms with E-state index in [1.165, 1.54) is 19.6 Å². The van der Waals surface area contributed by atoms with E-state index in [0.29, 0.717) is 55.7 Å². The Morgan fingerprint density at radius 2 is 1.81 bits per heavy atom. The Balaban J connectivity index is 0.00000154. The molecule has 0 saturated heterocycles. The van der Waals surface area contributed by atoms with E-state index < -0.39 is 0 Å². The highest BCUT2D eigenvalue weighted by atomic mass is 35.5. The molecule has 0 aliphatic carbocycles. The van der Waals surface area contributed by atoms with Crippen molar-refractivity contribution in [2.45, 2.75) is 6.92 Å². The first kappa shape index (κ1) is 30.5. The summed E-state index contributed by atoms with van der Waals surface area (Å²) in [5.41, 5.74) is 3.43. The fourth-order valence-corrected chi connectivity index (χ4v) is 3.62. The Labute approximate surface area is 226 Å². The van der Waals surface area contributed by atoms with Crippen LogP contribution in [0.5, 0.6) is 11.5 Å². The first-order chi connectivity index (χ1) is 17.4. The monoisotopic (exact) mass is 545 g/mol. The van der Waals surface area contributed by atoms with Crippen LogP contribution in [0.1, 0.15) is 18.1 Å². The van der Waals surface area contributed by atoms with Gasteiger partial charge in [0.25, 0.3) is 0 Å². The number of anilines is 2. The maximum atomic E-state index is 10.5. The lowest BCUT2D eigenvalue weighted by Gasteiger charge is -2.16. The molecule has 2 aromatic carbocycles. The summed E-state index contributed by atoms with van der Waals surface area (Å²) < 4.78 is 16.0. The lowest BCUT2D eigenvalue weighted by molar-refractivity contribution is -0.110. The van der Waals surface area contributed by atoms with Gasteiger partial charge in [0.05, 0.1) is 53.0 Å². The summed E-state index contributed by atoms with van der Waals surface area (Å²) in [7, 11) is 3.04. The number of thiol groups is 1. The van der Waals surface area contributed by atoms with E-state index >= 15 is 0 Å². The molecule has 0 radical (unpaired) electrons. The summed E-state index contributed by atoms with van der Waals surface area (Å²) in [5.74, 6) is 0.979. The Bertz CT molecular complexity index is 1300. The van der Waals surface area contributed by atoms with E-state index in [-0.39, 0.29) is 6.61 Å². The molecule has 0 fully saturated rings. The summed E-state index contributed by atoms with van der Waals surface area (Å²) in [6, 6.07) is 8.96. The highest BCUT2D eigenvalue weighted by Crippen LogP contribution is 2.39. The molecular weight excluding hydrogens is 521 g/mol. The predicted molar refractivity (Wildman–Crippen MR) is 150 cm³/mol. The molecule has 0 atom stereocenters. The number of nitrogens with one attached hydrogen (secondary N) is 1. The van der Waals surface area contributed by atoms with Gasteiger partial charge in [0.1, 0.15) is 24.2 Å². The Kier molecular flexibility index (Phi) is 13.1. The summed E-state index contributed by atoms with van der Waals surface area (Å²) in [6.07, 6.45) is 13.3. The van der Waals surface area contributed by atoms with Crippen LogP contribution in [-0.2, 0) is 9.53 Å². The molecule has 0 aliphatic heterocycles. The van der Waals surface area contributed by atoms with Crippen molar-refractivity contribution >= 4 is 70.0 Å². The van der Waals surface area contributed by atoms with Crippen molar-refractivity contribution in [3.8, 4) is 30.4 Å². The van der Waals surface area contributed by atoms with Crippen molar-refractivity contribution in [2.75, 3.05) is 32.4 Å². The lowest BCUT2D eigenvalue weighted by atomic mass is 10.0. The van der Waals surface area contributed by atoms with Crippen molar-refractivity contribution in [3.63, 3.8) is 0 Å². The van der Waals surface area contributed by atoms with Crippen LogP contribution in [0.3, 0.4) is 0 Å². The van der Waals surface area contributed by atoms with Crippen molar-refractivity contribution in [2.24, 2.45) is 0 Å². The van der Waals surface area contributed by atoms with E-state index in [4.69, 9.17) is 37.4 Å². The van der Waals surface area contributed by atoms with Gasteiger partial charge in [-0.1, -0.05) is 23.2 Å². The average molecular weight is 546 g/mol. The largest absolute Gasteiger partial charge is 0.496 e. The smallest absolute Gasteiger partial charge is 0.157 e. The van der Waals surface area contributed by atoms with Crippen LogP contribution in [-0.4, -0.2) is 38.4 Å². The maximum absolute atomic E-state index is 10.5. The Morgan fingerprint density at radius 1 is 1.14 bits per heavy atom. The van der Waals surface area contributed by atoms with E-state index in [1.807, 2.05) is 13.0 Å². The second-order valence-electron chi connectivity index (χ2n) is 6.62. The van der Waals surface area contributed by atoms with Gasteiger partial charge in [-0.25, -0.2) is 0 Å². The predicted octanol–water partition coefficient (Wildman–Crippen LogP) is 6.55. The highest BCUT2D eigenvalue weighted by molar-refractivity contribution is 7.79. The third kappa shape index (κ3) is 7.22. The first-order valence-electron chi connectivity index (χ1n) is 10.1. The summed E-state index contributed by atoms with van der Waals surface area (Å²) in [4.78, 5) is 14.9. The molecule has 0 saturated carbocycles. The zero-order chi connectivity index (χ0) is 27.3. The van der Waals surface area contributed by atoms with Crippen molar-refractivity contribution < 1.29 is 19.0 Å². The molecule has 7 nitrogen and oxygen atoms in total. The van der Waals surface area contributed by atoms with Crippen LogP contribution in [0, 0.1) is 24.2 Å². The number of rotatable bonds is 8. The number of allylic oxidation sites excluding steroid dienone is 1. The fourth-order valence-electron chi connectivity index (χ4n) is 3.11. The summed E-state index contributed by atoms with van der Waals surface area (Å²) in [5, 5.41) is 14.3. The van der Waals surface area contributed by atoms with Crippen molar-refractivity contribution in [3.05, 3.63) is 57.9 Å². The quantitative estimate of drug-likeness (QED) is 0.109. The number of carbonyl (C=O) groups excluding carboxylic acids is 1. The molecule has 3 aromatic rings. The Hall–Kier alpha value is -3.56. The number of nitriles is 1. The molecule has 0 amide bonds. The molecule has 10 heteroatoms. The SMILES string of the molecule is C#C.COc1cc(Nc2c(C#N)cnc3cc(/C(C)=C/OCC=O)c(OC)cc23)c(Cl)cc1Cl.CS. The Morgan fingerprint density at radius 3 is 2.39 bits per heavy atom. The number of pyridine rings is 1. The summed E-state index contributed by atoms with van der Waals surface area (Å²) in [6.45, 7) is 1.79. The van der Waals surface area contributed by atoms with E-state index in [2.05, 4.69) is 41.8 Å². The lowest BCUT2D eigenvalue weighted by Crippen LogP contribution is -2.00. The molecule has 1 aromatic heterocycles. The molecule has 1 N–H and O–H groups in total. The topological polar surface area (TPSA) is 93.5 Å². The number of halogens is 2. The third-order valence-electron chi connectivity index (χ3n) is 4.66. The fraction of sp³-hybridized carbons (Fsp3) is 0.192. The van der Waals surface area contributed by atoms with Crippen LogP contribution in [0.25, 0.3) is 16.5 Å². The van der Waals surface area contributed by atoms with Gasteiger partial charge in [-0.15, -0.1) is 12.8 Å². The van der Waals surface area contributed by atoms with E-state index in [1.54, 1.807) is 31.6 Å². The van der Waals surface area contributed by atoms with E-state index in [9.17, 15) is 10.1 Å². The second kappa shape index (κ2) is 15.4. The number of methoxy groups -OCH3 is 2. The van der Waals surface area contributed by atoms with Crippen molar-refractivity contribution in [1.29, 1.82) is 5.26 Å². The van der Waals surface area contributed by atoms with Crippen LogP contribution < -0.4 is 14.8 Å². The van der Waals surface area contributed by atoms with Gasteiger partial charge in [-0.2, -0.15) is 17.9 Å².